The zero-order valence-electron chi connectivity index (χ0n) is 15.4. The van der Waals surface area contributed by atoms with Crippen molar-refractivity contribution in [1.29, 1.82) is 0 Å². The molecule has 6 heteroatoms. The van der Waals surface area contributed by atoms with Gasteiger partial charge in [-0.25, -0.2) is 10.8 Å². The van der Waals surface area contributed by atoms with Crippen molar-refractivity contribution in [3.05, 3.63) is 83.4 Å². The number of amides is 1. The number of rotatable bonds is 5. The predicted molar refractivity (Wildman–Crippen MR) is 109 cm³/mol. The highest BCUT2D eigenvalue weighted by Crippen LogP contribution is 2.25. The molecule has 3 aromatic carbocycles. The molecule has 0 unspecified atom stereocenters. The topological polar surface area (TPSA) is 93.0 Å². The standard InChI is InChI=1S/C22H20N4O2/c1-14-5-7-15(8-6-14)13-28-18-4-2-3-16(11-18)21-24-19-10-9-17(22(27)26-23)12-20(19)25-21/h2-12H,13,23H2,1H3,(H,24,25)(H,26,27). The van der Waals surface area contributed by atoms with Crippen molar-refractivity contribution in [2.75, 3.05) is 0 Å². The van der Waals surface area contributed by atoms with E-state index in [9.17, 15) is 4.79 Å². The van der Waals surface area contributed by atoms with Gasteiger partial charge in [0.1, 0.15) is 18.2 Å². The Bertz CT molecular complexity index is 1130. The molecule has 140 valence electrons. The minimum absolute atomic E-state index is 0.343. The van der Waals surface area contributed by atoms with E-state index in [1.807, 2.05) is 24.3 Å². The van der Waals surface area contributed by atoms with Crippen molar-refractivity contribution in [3.63, 3.8) is 0 Å². The lowest BCUT2D eigenvalue weighted by Crippen LogP contribution is -2.29. The lowest BCUT2D eigenvalue weighted by molar-refractivity contribution is 0.0954. The number of nitrogen functional groups attached to an aromatic ring is 1. The van der Waals surface area contributed by atoms with Gasteiger partial charge in [-0.1, -0.05) is 42.0 Å². The van der Waals surface area contributed by atoms with E-state index in [4.69, 9.17) is 10.6 Å². The largest absolute Gasteiger partial charge is 0.489 e. The number of ether oxygens (including phenoxy) is 1. The van der Waals surface area contributed by atoms with Crippen LogP contribution in [0.1, 0.15) is 21.5 Å². The number of carbonyl (C=O) groups excluding carboxylic acids is 1. The Labute approximate surface area is 162 Å². The Balaban J connectivity index is 1.56. The summed E-state index contributed by atoms with van der Waals surface area (Å²) in [5.74, 6) is 6.33. The van der Waals surface area contributed by atoms with Crippen LogP contribution in [0.2, 0.25) is 0 Å². The third-order valence-electron chi connectivity index (χ3n) is 4.51. The fourth-order valence-corrected chi connectivity index (χ4v) is 2.96. The number of nitrogens with one attached hydrogen (secondary N) is 2. The molecular weight excluding hydrogens is 352 g/mol. The van der Waals surface area contributed by atoms with Gasteiger partial charge < -0.3 is 9.72 Å². The fraction of sp³-hybridized carbons (Fsp3) is 0.0909. The number of hydrogen-bond donors (Lipinski definition) is 3. The van der Waals surface area contributed by atoms with Crippen LogP contribution in [0.25, 0.3) is 22.4 Å². The van der Waals surface area contributed by atoms with Crippen LogP contribution in [0.4, 0.5) is 0 Å². The molecular formula is C22H20N4O2. The van der Waals surface area contributed by atoms with Crippen LogP contribution in [0, 0.1) is 6.92 Å². The summed E-state index contributed by atoms with van der Waals surface area (Å²) in [6.45, 7) is 2.56. The number of H-pyrrole nitrogens is 1. The molecule has 4 N–H and O–H groups in total. The number of nitrogens with two attached hydrogens (primary N) is 1. The van der Waals surface area contributed by atoms with Crippen molar-refractivity contribution < 1.29 is 9.53 Å². The smallest absolute Gasteiger partial charge is 0.265 e. The molecule has 6 nitrogen and oxygen atoms in total. The average Bonchev–Trinajstić information content (AvgIpc) is 3.16. The van der Waals surface area contributed by atoms with E-state index >= 15 is 0 Å². The Kier molecular flexibility index (Phi) is 4.78. The van der Waals surface area contributed by atoms with Gasteiger partial charge in [0.25, 0.3) is 5.91 Å². The van der Waals surface area contributed by atoms with Gasteiger partial charge in [0, 0.05) is 11.1 Å². The number of hydrogen-bond acceptors (Lipinski definition) is 4. The van der Waals surface area contributed by atoms with Crippen LogP contribution in [0.15, 0.2) is 66.7 Å². The average molecular weight is 372 g/mol. The third kappa shape index (κ3) is 3.72. The number of benzene rings is 3. The van der Waals surface area contributed by atoms with Crippen molar-refractivity contribution >= 4 is 16.9 Å². The number of aromatic nitrogens is 2. The number of nitrogens with zero attached hydrogens (tertiary/aromatic N) is 1. The van der Waals surface area contributed by atoms with Crippen molar-refractivity contribution in [1.82, 2.24) is 15.4 Å². The summed E-state index contributed by atoms with van der Waals surface area (Å²) in [7, 11) is 0. The number of imidazole rings is 1. The summed E-state index contributed by atoms with van der Waals surface area (Å²) in [5, 5.41) is 0. The van der Waals surface area contributed by atoms with Crippen LogP contribution < -0.4 is 16.0 Å². The Hall–Kier alpha value is -3.64. The summed E-state index contributed by atoms with van der Waals surface area (Å²) in [6, 6.07) is 21.2. The third-order valence-corrected chi connectivity index (χ3v) is 4.51. The first kappa shape index (κ1) is 17.8. The number of fused-ring (bicyclic) bond motifs is 1. The first-order chi connectivity index (χ1) is 13.6. The monoisotopic (exact) mass is 372 g/mol. The molecule has 0 atom stereocenters. The predicted octanol–water partition coefficient (Wildman–Crippen LogP) is 3.72. The molecule has 1 heterocycles. The van der Waals surface area contributed by atoms with Crippen LogP contribution in [0.5, 0.6) is 5.75 Å². The molecule has 0 aliphatic rings. The Morgan fingerprint density at radius 3 is 2.71 bits per heavy atom. The van der Waals surface area contributed by atoms with Crippen LogP contribution in [-0.4, -0.2) is 15.9 Å². The van der Waals surface area contributed by atoms with E-state index in [0.29, 0.717) is 18.0 Å². The fourth-order valence-electron chi connectivity index (χ4n) is 2.96. The summed E-state index contributed by atoms with van der Waals surface area (Å²) >= 11 is 0. The lowest BCUT2D eigenvalue weighted by Gasteiger charge is -2.07. The summed E-state index contributed by atoms with van der Waals surface area (Å²) in [5.41, 5.74) is 7.39. The minimum atomic E-state index is -0.343. The van der Waals surface area contributed by atoms with Gasteiger partial charge in [-0.05, 0) is 42.8 Å². The highest BCUT2D eigenvalue weighted by molar-refractivity contribution is 5.97. The molecule has 0 spiro atoms. The second-order valence-corrected chi connectivity index (χ2v) is 6.59. The summed E-state index contributed by atoms with van der Waals surface area (Å²) < 4.78 is 5.92. The molecule has 1 aromatic heterocycles. The highest BCUT2D eigenvalue weighted by atomic mass is 16.5. The lowest BCUT2D eigenvalue weighted by atomic mass is 10.1. The van der Waals surface area contributed by atoms with E-state index in [1.165, 1.54) is 5.56 Å². The van der Waals surface area contributed by atoms with Crippen molar-refractivity contribution in [3.8, 4) is 17.1 Å². The van der Waals surface area contributed by atoms with Crippen molar-refractivity contribution in [2.45, 2.75) is 13.5 Å². The van der Waals surface area contributed by atoms with Crippen LogP contribution in [0.3, 0.4) is 0 Å². The molecule has 0 aliphatic heterocycles. The van der Waals surface area contributed by atoms with E-state index in [2.05, 4.69) is 46.6 Å². The normalized spacial score (nSPS) is 10.8. The maximum atomic E-state index is 11.7. The van der Waals surface area contributed by atoms with E-state index < -0.39 is 0 Å². The molecule has 0 aliphatic carbocycles. The highest BCUT2D eigenvalue weighted by Gasteiger charge is 2.10. The van der Waals surface area contributed by atoms with Crippen molar-refractivity contribution in [2.24, 2.45) is 5.84 Å². The number of hydrazine groups is 1. The van der Waals surface area contributed by atoms with E-state index in [1.54, 1.807) is 18.2 Å². The first-order valence-electron chi connectivity index (χ1n) is 8.92. The molecule has 1 amide bonds. The number of aryl methyl sites for hydroxylation is 1. The SMILES string of the molecule is Cc1ccc(COc2cccc(-c3nc4ccc(C(=O)NN)cc4[nH]3)c2)cc1. The Morgan fingerprint density at radius 2 is 1.93 bits per heavy atom. The van der Waals surface area contributed by atoms with Gasteiger partial charge >= 0.3 is 0 Å². The molecule has 28 heavy (non-hydrogen) atoms. The number of carbonyl (C=O) groups is 1. The zero-order valence-corrected chi connectivity index (χ0v) is 15.4. The molecule has 4 aromatic rings. The molecule has 0 radical (unpaired) electrons. The van der Waals surface area contributed by atoms with E-state index in [-0.39, 0.29) is 5.91 Å². The van der Waals surface area contributed by atoms with Crippen LogP contribution in [-0.2, 0) is 6.61 Å². The van der Waals surface area contributed by atoms with Gasteiger partial charge in [0.15, 0.2) is 0 Å². The summed E-state index contributed by atoms with van der Waals surface area (Å²) in [4.78, 5) is 19.6. The maximum Gasteiger partial charge on any atom is 0.265 e. The minimum Gasteiger partial charge on any atom is -0.489 e. The molecule has 0 bridgehead atoms. The first-order valence-corrected chi connectivity index (χ1v) is 8.92. The molecule has 4 rings (SSSR count). The zero-order chi connectivity index (χ0) is 19.5. The molecule has 0 fully saturated rings. The molecule has 0 saturated heterocycles. The summed E-state index contributed by atoms with van der Waals surface area (Å²) in [6.07, 6.45) is 0. The van der Waals surface area contributed by atoms with Gasteiger partial charge in [-0.3, -0.25) is 10.2 Å². The number of aromatic amines is 1. The molecule has 0 saturated carbocycles. The Morgan fingerprint density at radius 1 is 1.11 bits per heavy atom. The van der Waals surface area contributed by atoms with Crippen LogP contribution >= 0.6 is 0 Å². The second-order valence-electron chi connectivity index (χ2n) is 6.59. The van der Waals surface area contributed by atoms with Gasteiger partial charge in [-0.15, -0.1) is 0 Å². The van der Waals surface area contributed by atoms with E-state index in [0.717, 1.165) is 27.9 Å². The van der Waals surface area contributed by atoms with Gasteiger partial charge in [0.05, 0.1) is 11.0 Å². The second kappa shape index (κ2) is 7.54. The van der Waals surface area contributed by atoms with Gasteiger partial charge in [-0.2, -0.15) is 0 Å². The maximum absolute atomic E-state index is 11.7. The quantitative estimate of drug-likeness (QED) is 0.283. The van der Waals surface area contributed by atoms with Gasteiger partial charge in [0.2, 0.25) is 0 Å².